The second-order valence-electron chi connectivity index (χ2n) is 8.45. The molecule has 32 heavy (non-hydrogen) atoms. The van der Waals surface area contributed by atoms with E-state index in [4.69, 9.17) is 4.42 Å². The number of nitrogens with one attached hydrogen (secondary N) is 2. The highest BCUT2D eigenvalue weighted by atomic mass is 16.4. The van der Waals surface area contributed by atoms with Crippen LogP contribution >= 0.6 is 0 Å². The number of hydrogen-bond acceptors (Lipinski definition) is 6. The molecule has 3 aromatic heterocycles. The van der Waals surface area contributed by atoms with Gasteiger partial charge in [0.2, 0.25) is 0 Å². The molecule has 0 spiro atoms. The number of pyridine rings is 1. The van der Waals surface area contributed by atoms with Gasteiger partial charge in [0.05, 0.1) is 11.0 Å². The number of benzene rings is 1. The molecule has 9 heteroatoms. The Bertz CT molecular complexity index is 1400. The van der Waals surface area contributed by atoms with Gasteiger partial charge in [-0.15, -0.1) is 0 Å². The lowest BCUT2D eigenvalue weighted by atomic mass is 10.0. The van der Waals surface area contributed by atoms with Crippen molar-refractivity contribution in [1.29, 1.82) is 0 Å². The number of likely N-dealkylation sites (tertiary alicyclic amines) is 1. The van der Waals surface area contributed by atoms with Crippen LogP contribution in [0, 0.1) is 6.92 Å². The minimum absolute atomic E-state index is 0.0478. The zero-order valence-electron chi connectivity index (χ0n) is 17.9. The van der Waals surface area contributed by atoms with Gasteiger partial charge in [-0.05, 0) is 62.6 Å². The molecule has 2 N–H and O–H groups in total. The standard InChI is InChI=1S/C23H25N5O4/c1-14-12-15(13-19-20(14)25-23(31)32-19)18(29)5-3-9-27-10-6-16(7-11-27)28-17-4-2-8-24-21(17)26-22(28)30/h2,4,8,12-13,16H,3,5-7,9-11H2,1H3,(H,25,31)(H,24,26,30). The van der Waals surface area contributed by atoms with Gasteiger partial charge in [-0.1, -0.05) is 0 Å². The van der Waals surface area contributed by atoms with Crippen molar-refractivity contribution >= 4 is 28.0 Å². The third-order valence-electron chi connectivity index (χ3n) is 6.34. The molecule has 0 saturated carbocycles. The molecule has 0 unspecified atom stereocenters. The first-order valence-corrected chi connectivity index (χ1v) is 10.9. The van der Waals surface area contributed by atoms with Gasteiger partial charge >= 0.3 is 11.4 Å². The topological polar surface area (TPSA) is 117 Å². The average Bonchev–Trinajstić information content (AvgIpc) is 3.33. The van der Waals surface area contributed by atoms with Gasteiger partial charge < -0.3 is 9.32 Å². The summed E-state index contributed by atoms with van der Waals surface area (Å²) in [6.07, 6.45) is 4.65. The fourth-order valence-corrected chi connectivity index (χ4v) is 4.71. The number of hydrogen-bond donors (Lipinski definition) is 2. The maximum absolute atomic E-state index is 12.7. The van der Waals surface area contributed by atoms with Crippen molar-refractivity contribution in [2.75, 3.05) is 19.6 Å². The number of nitrogens with zero attached hydrogens (tertiary/aromatic N) is 3. The van der Waals surface area contributed by atoms with Crippen LogP contribution in [0.25, 0.3) is 22.3 Å². The maximum Gasteiger partial charge on any atom is 0.417 e. The number of fused-ring (bicyclic) bond motifs is 2. The van der Waals surface area contributed by atoms with Gasteiger partial charge in [0.25, 0.3) is 0 Å². The number of carbonyl (C=O) groups is 1. The predicted molar refractivity (Wildman–Crippen MR) is 120 cm³/mol. The summed E-state index contributed by atoms with van der Waals surface area (Å²) in [6.45, 7) is 4.46. The van der Waals surface area contributed by atoms with Crippen molar-refractivity contribution in [3.8, 4) is 0 Å². The van der Waals surface area contributed by atoms with Gasteiger partial charge in [0.1, 0.15) is 0 Å². The van der Waals surface area contributed by atoms with E-state index in [1.807, 2.05) is 23.6 Å². The van der Waals surface area contributed by atoms with Crippen LogP contribution in [0.2, 0.25) is 0 Å². The van der Waals surface area contributed by atoms with E-state index in [1.165, 1.54) is 0 Å². The zero-order valence-corrected chi connectivity index (χ0v) is 17.9. The van der Waals surface area contributed by atoms with Crippen LogP contribution in [0.15, 0.2) is 44.5 Å². The van der Waals surface area contributed by atoms with Gasteiger partial charge in [-0.2, -0.15) is 0 Å². The molecule has 0 radical (unpaired) electrons. The molecule has 1 aliphatic rings. The number of aryl methyl sites for hydroxylation is 1. The number of piperidine rings is 1. The van der Waals surface area contributed by atoms with E-state index in [-0.39, 0.29) is 17.5 Å². The monoisotopic (exact) mass is 435 g/mol. The van der Waals surface area contributed by atoms with E-state index < -0.39 is 5.76 Å². The van der Waals surface area contributed by atoms with Gasteiger partial charge in [0.15, 0.2) is 17.0 Å². The summed E-state index contributed by atoms with van der Waals surface area (Å²) in [7, 11) is 0. The van der Waals surface area contributed by atoms with Crippen LogP contribution in [0.3, 0.4) is 0 Å². The Balaban J connectivity index is 1.16. The second-order valence-corrected chi connectivity index (χ2v) is 8.45. The number of oxazole rings is 1. The smallest absolute Gasteiger partial charge is 0.408 e. The number of imidazole rings is 1. The summed E-state index contributed by atoms with van der Waals surface area (Å²) in [5.41, 5.74) is 3.83. The number of ketones is 1. The van der Waals surface area contributed by atoms with Crippen molar-refractivity contribution in [2.24, 2.45) is 0 Å². The van der Waals surface area contributed by atoms with Crippen molar-refractivity contribution in [1.82, 2.24) is 24.4 Å². The van der Waals surface area contributed by atoms with Crippen molar-refractivity contribution < 1.29 is 9.21 Å². The van der Waals surface area contributed by atoms with E-state index in [2.05, 4.69) is 19.9 Å². The highest BCUT2D eigenvalue weighted by Crippen LogP contribution is 2.25. The molecule has 1 aromatic carbocycles. The summed E-state index contributed by atoms with van der Waals surface area (Å²) < 4.78 is 6.95. The third-order valence-corrected chi connectivity index (χ3v) is 6.34. The summed E-state index contributed by atoms with van der Waals surface area (Å²) in [4.78, 5) is 48.5. The normalized spacial score (nSPS) is 15.7. The van der Waals surface area contributed by atoms with Crippen LogP contribution < -0.4 is 11.4 Å². The number of carbonyl (C=O) groups excluding carboxylic acids is 1. The molecule has 166 valence electrons. The van der Waals surface area contributed by atoms with Crippen LogP contribution in [0.5, 0.6) is 0 Å². The van der Waals surface area contributed by atoms with Crippen LogP contribution in [0.1, 0.15) is 47.6 Å². The molecule has 1 aliphatic heterocycles. The van der Waals surface area contributed by atoms with Gasteiger partial charge in [-0.25, -0.2) is 14.6 Å². The van der Waals surface area contributed by atoms with Crippen molar-refractivity contribution in [2.45, 2.75) is 38.6 Å². The highest BCUT2D eigenvalue weighted by Gasteiger charge is 2.23. The van der Waals surface area contributed by atoms with Crippen molar-refractivity contribution in [3.05, 3.63) is 62.6 Å². The Kier molecular flexibility index (Phi) is 5.26. The summed E-state index contributed by atoms with van der Waals surface area (Å²) in [5.74, 6) is -0.464. The molecule has 9 nitrogen and oxygen atoms in total. The Hall–Kier alpha value is -3.46. The Labute approximate surface area is 183 Å². The molecule has 0 atom stereocenters. The summed E-state index contributed by atoms with van der Waals surface area (Å²) >= 11 is 0. The number of aromatic nitrogens is 4. The quantitative estimate of drug-likeness (QED) is 0.450. The summed E-state index contributed by atoms with van der Waals surface area (Å²) in [6, 6.07) is 7.37. The molecule has 4 aromatic rings. The zero-order chi connectivity index (χ0) is 22.2. The number of H-pyrrole nitrogens is 2. The van der Waals surface area contributed by atoms with Crippen molar-refractivity contribution in [3.63, 3.8) is 0 Å². The highest BCUT2D eigenvalue weighted by molar-refractivity contribution is 5.99. The fourth-order valence-electron chi connectivity index (χ4n) is 4.71. The Morgan fingerprint density at radius 1 is 1.22 bits per heavy atom. The average molecular weight is 435 g/mol. The molecule has 4 heterocycles. The lowest BCUT2D eigenvalue weighted by molar-refractivity contribution is 0.0970. The Morgan fingerprint density at radius 2 is 2.03 bits per heavy atom. The first-order chi connectivity index (χ1) is 15.5. The minimum Gasteiger partial charge on any atom is -0.408 e. The maximum atomic E-state index is 12.7. The fraction of sp³-hybridized carbons (Fsp3) is 0.391. The lowest BCUT2D eigenvalue weighted by Gasteiger charge is -2.32. The molecular weight excluding hydrogens is 410 g/mol. The van der Waals surface area contributed by atoms with Crippen LogP contribution in [-0.2, 0) is 0 Å². The number of Topliss-reactive ketones (excluding diaryl/α,β-unsaturated/α-hetero) is 1. The predicted octanol–water partition coefficient (Wildman–Crippen LogP) is 2.77. The molecule has 1 fully saturated rings. The molecule has 0 amide bonds. The van der Waals surface area contributed by atoms with E-state index in [0.29, 0.717) is 28.7 Å². The van der Waals surface area contributed by atoms with E-state index in [1.54, 1.807) is 18.3 Å². The molecule has 1 saturated heterocycles. The van der Waals surface area contributed by atoms with Crippen LogP contribution in [0.4, 0.5) is 0 Å². The molecule has 0 aliphatic carbocycles. The third kappa shape index (κ3) is 3.80. The first kappa shape index (κ1) is 20.4. The summed E-state index contributed by atoms with van der Waals surface area (Å²) in [5, 5.41) is 0. The van der Waals surface area contributed by atoms with E-state index in [0.717, 1.165) is 50.0 Å². The van der Waals surface area contributed by atoms with Gasteiger partial charge in [-0.3, -0.25) is 19.3 Å². The van der Waals surface area contributed by atoms with E-state index >= 15 is 0 Å². The number of aromatic amines is 2. The number of rotatable bonds is 6. The second kappa shape index (κ2) is 8.23. The molecular formula is C23H25N5O4. The largest absolute Gasteiger partial charge is 0.417 e. The van der Waals surface area contributed by atoms with E-state index in [9.17, 15) is 14.4 Å². The minimum atomic E-state index is -0.512. The molecule has 5 rings (SSSR count). The molecule has 0 bridgehead atoms. The van der Waals surface area contributed by atoms with Gasteiger partial charge in [0, 0.05) is 37.3 Å². The SMILES string of the molecule is Cc1cc(C(=O)CCCN2CCC(n3c(=O)[nH]c4ncccc43)CC2)cc2oc(=O)[nH]c12. The van der Waals surface area contributed by atoms with Crippen LogP contribution in [-0.4, -0.2) is 49.8 Å². The first-order valence-electron chi connectivity index (χ1n) is 10.9. The Morgan fingerprint density at radius 3 is 2.84 bits per heavy atom. The lowest BCUT2D eigenvalue weighted by Crippen LogP contribution is -2.37.